The summed E-state index contributed by atoms with van der Waals surface area (Å²) in [5, 5.41) is 14.0. The van der Waals surface area contributed by atoms with Gasteiger partial charge in [0.15, 0.2) is 0 Å². The summed E-state index contributed by atoms with van der Waals surface area (Å²) < 4.78 is 0.829. The largest absolute Gasteiger partial charge is 0.507 e. The number of carbonyl (C=O) groups excluding carboxylic acids is 1. The molecule has 108 valence electrons. The Morgan fingerprint density at radius 1 is 1.43 bits per heavy atom. The van der Waals surface area contributed by atoms with Gasteiger partial charge in [-0.1, -0.05) is 22.9 Å². The normalized spacial score (nSPS) is 11.2. The molecule has 2 N–H and O–H groups in total. The van der Waals surface area contributed by atoms with Crippen LogP contribution in [-0.2, 0) is 0 Å². The van der Waals surface area contributed by atoms with E-state index in [0.717, 1.165) is 4.47 Å². The SMILES string of the molecule is CC/C(=N\NC(=O)c1cccnc1)c1cc(Br)ccc1O. The number of phenols is 1. The molecule has 1 aromatic carbocycles. The maximum Gasteiger partial charge on any atom is 0.272 e. The third-order valence-electron chi connectivity index (χ3n) is 2.82. The highest BCUT2D eigenvalue weighted by atomic mass is 79.9. The van der Waals surface area contributed by atoms with Gasteiger partial charge in [0, 0.05) is 22.4 Å². The van der Waals surface area contributed by atoms with Crippen LogP contribution in [0.2, 0.25) is 0 Å². The molecule has 0 unspecified atom stereocenters. The highest BCUT2D eigenvalue weighted by Gasteiger charge is 2.10. The molecule has 0 saturated carbocycles. The highest BCUT2D eigenvalue weighted by molar-refractivity contribution is 9.10. The molecule has 0 saturated heterocycles. The first-order valence-electron chi connectivity index (χ1n) is 6.37. The molecule has 2 aromatic rings. The van der Waals surface area contributed by atoms with Crippen molar-refractivity contribution in [2.24, 2.45) is 5.10 Å². The number of aromatic nitrogens is 1. The van der Waals surface area contributed by atoms with Gasteiger partial charge in [-0.2, -0.15) is 5.10 Å². The van der Waals surface area contributed by atoms with Gasteiger partial charge in [-0.3, -0.25) is 9.78 Å². The molecule has 5 nitrogen and oxygen atoms in total. The Bertz CT molecular complexity index is 672. The maximum absolute atomic E-state index is 11.9. The number of benzene rings is 1. The topological polar surface area (TPSA) is 74.6 Å². The minimum Gasteiger partial charge on any atom is -0.507 e. The summed E-state index contributed by atoms with van der Waals surface area (Å²) in [6.45, 7) is 1.90. The van der Waals surface area contributed by atoms with Gasteiger partial charge in [0.25, 0.3) is 5.91 Å². The van der Waals surface area contributed by atoms with Crippen molar-refractivity contribution in [1.82, 2.24) is 10.4 Å². The minimum absolute atomic E-state index is 0.120. The van der Waals surface area contributed by atoms with Gasteiger partial charge in [-0.15, -0.1) is 0 Å². The highest BCUT2D eigenvalue weighted by Crippen LogP contribution is 2.23. The van der Waals surface area contributed by atoms with Crippen LogP contribution in [0.15, 0.2) is 52.3 Å². The summed E-state index contributed by atoms with van der Waals surface area (Å²) in [6, 6.07) is 8.40. The van der Waals surface area contributed by atoms with E-state index in [2.05, 4.69) is 31.4 Å². The molecular weight excluding hydrogens is 334 g/mol. The number of nitrogens with zero attached hydrogens (tertiary/aromatic N) is 2. The van der Waals surface area contributed by atoms with Gasteiger partial charge in [0.2, 0.25) is 0 Å². The van der Waals surface area contributed by atoms with E-state index in [9.17, 15) is 9.90 Å². The van der Waals surface area contributed by atoms with E-state index < -0.39 is 0 Å². The second kappa shape index (κ2) is 6.99. The summed E-state index contributed by atoms with van der Waals surface area (Å²) in [4.78, 5) is 15.8. The molecular formula is C15H14BrN3O2. The number of carbonyl (C=O) groups is 1. The van der Waals surface area contributed by atoms with E-state index in [-0.39, 0.29) is 11.7 Å². The van der Waals surface area contributed by atoms with Crippen molar-refractivity contribution in [3.05, 3.63) is 58.3 Å². The lowest BCUT2D eigenvalue weighted by Gasteiger charge is -2.08. The fraction of sp³-hybridized carbons (Fsp3) is 0.133. The van der Waals surface area contributed by atoms with Crippen LogP contribution in [0.1, 0.15) is 29.3 Å². The molecule has 21 heavy (non-hydrogen) atoms. The second-order valence-corrected chi connectivity index (χ2v) is 5.17. The third-order valence-corrected chi connectivity index (χ3v) is 3.31. The van der Waals surface area contributed by atoms with E-state index in [4.69, 9.17) is 0 Å². The lowest BCUT2D eigenvalue weighted by Crippen LogP contribution is -2.20. The summed E-state index contributed by atoms with van der Waals surface area (Å²) in [5.41, 5.74) is 4.07. The van der Waals surface area contributed by atoms with E-state index in [1.807, 2.05) is 6.92 Å². The Morgan fingerprint density at radius 2 is 2.24 bits per heavy atom. The molecule has 0 bridgehead atoms. The molecule has 1 amide bonds. The lowest BCUT2D eigenvalue weighted by atomic mass is 10.1. The molecule has 0 aliphatic carbocycles. The van der Waals surface area contributed by atoms with Crippen LogP contribution in [0.25, 0.3) is 0 Å². The third kappa shape index (κ3) is 3.88. The van der Waals surface area contributed by atoms with Crippen LogP contribution < -0.4 is 5.43 Å². The van der Waals surface area contributed by atoms with Crippen LogP contribution in [0.3, 0.4) is 0 Å². The van der Waals surface area contributed by atoms with Crippen LogP contribution >= 0.6 is 15.9 Å². The van der Waals surface area contributed by atoms with Gasteiger partial charge in [0.05, 0.1) is 11.3 Å². The zero-order chi connectivity index (χ0) is 15.2. The number of hydrazone groups is 1. The van der Waals surface area contributed by atoms with E-state index in [1.165, 1.54) is 6.20 Å². The Balaban J connectivity index is 2.21. The molecule has 0 radical (unpaired) electrons. The number of halogens is 1. The summed E-state index contributed by atoms with van der Waals surface area (Å²) in [6.07, 6.45) is 3.63. The number of aromatic hydroxyl groups is 1. The number of amides is 1. The summed E-state index contributed by atoms with van der Waals surface area (Å²) >= 11 is 3.35. The van der Waals surface area contributed by atoms with Crippen molar-refractivity contribution >= 4 is 27.5 Å². The predicted octanol–water partition coefficient (Wildman–Crippen LogP) is 3.09. The van der Waals surface area contributed by atoms with Crippen molar-refractivity contribution in [2.75, 3.05) is 0 Å². The van der Waals surface area contributed by atoms with Crippen LogP contribution in [0.5, 0.6) is 5.75 Å². The Morgan fingerprint density at radius 3 is 2.90 bits per heavy atom. The zero-order valence-corrected chi connectivity index (χ0v) is 13.0. The molecule has 0 aliphatic heterocycles. The molecule has 1 aromatic heterocycles. The number of hydrogen-bond acceptors (Lipinski definition) is 4. The molecule has 0 fully saturated rings. The van der Waals surface area contributed by atoms with Crippen LogP contribution in [-0.4, -0.2) is 21.7 Å². The summed E-state index contributed by atoms with van der Waals surface area (Å²) in [5.74, 6) is -0.224. The molecule has 2 rings (SSSR count). The molecule has 6 heteroatoms. The van der Waals surface area contributed by atoms with Gasteiger partial charge < -0.3 is 5.11 Å². The monoisotopic (exact) mass is 347 g/mol. The average Bonchev–Trinajstić information content (AvgIpc) is 2.51. The predicted molar refractivity (Wildman–Crippen MR) is 84.3 cm³/mol. The number of hydrogen-bond donors (Lipinski definition) is 2. The van der Waals surface area contributed by atoms with Crippen molar-refractivity contribution in [2.45, 2.75) is 13.3 Å². The van der Waals surface area contributed by atoms with Gasteiger partial charge in [-0.25, -0.2) is 5.43 Å². The van der Waals surface area contributed by atoms with E-state index in [0.29, 0.717) is 23.3 Å². The van der Waals surface area contributed by atoms with Crippen LogP contribution in [0.4, 0.5) is 0 Å². The fourth-order valence-corrected chi connectivity index (χ4v) is 2.11. The average molecular weight is 348 g/mol. The molecule has 0 aliphatic rings. The Labute approximate surface area is 130 Å². The van der Waals surface area contributed by atoms with Gasteiger partial charge in [-0.05, 0) is 36.8 Å². The van der Waals surface area contributed by atoms with Crippen molar-refractivity contribution < 1.29 is 9.90 Å². The van der Waals surface area contributed by atoms with Crippen molar-refractivity contribution in [3.63, 3.8) is 0 Å². The van der Waals surface area contributed by atoms with E-state index >= 15 is 0 Å². The standard InChI is InChI=1S/C15H14BrN3O2/c1-2-13(12-8-11(16)5-6-14(12)20)18-19-15(21)10-4-3-7-17-9-10/h3-9,20H,2H2,1H3,(H,19,21)/b18-13+. The molecule has 0 atom stereocenters. The first-order valence-corrected chi connectivity index (χ1v) is 7.17. The van der Waals surface area contributed by atoms with Crippen molar-refractivity contribution in [3.8, 4) is 5.75 Å². The number of pyridine rings is 1. The lowest BCUT2D eigenvalue weighted by molar-refractivity contribution is 0.0954. The van der Waals surface area contributed by atoms with Gasteiger partial charge >= 0.3 is 0 Å². The number of rotatable bonds is 4. The molecule has 1 heterocycles. The Hall–Kier alpha value is -2.21. The fourth-order valence-electron chi connectivity index (χ4n) is 1.75. The van der Waals surface area contributed by atoms with Crippen molar-refractivity contribution in [1.29, 1.82) is 0 Å². The Kier molecular flexibility index (Phi) is 5.05. The number of phenolic OH excluding ortho intramolecular Hbond substituents is 1. The zero-order valence-electron chi connectivity index (χ0n) is 11.4. The first-order chi connectivity index (χ1) is 10.1. The first kappa shape index (κ1) is 15.2. The smallest absolute Gasteiger partial charge is 0.272 e. The quantitative estimate of drug-likeness (QED) is 0.659. The number of nitrogens with one attached hydrogen (secondary N) is 1. The van der Waals surface area contributed by atoms with Gasteiger partial charge in [0.1, 0.15) is 5.75 Å². The minimum atomic E-state index is -0.344. The second-order valence-electron chi connectivity index (χ2n) is 4.26. The van der Waals surface area contributed by atoms with Crippen LogP contribution in [0, 0.1) is 0 Å². The molecule has 0 spiro atoms. The summed E-state index contributed by atoms with van der Waals surface area (Å²) in [7, 11) is 0. The van der Waals surface area contributed by atoms with E-state index in [1.54, 1.807) is 36.5 Å². The maximum atomic E-state index is 11.9.